The van der Waals surface area contributed by atoms with Crippen LogP contribution in [0.5, 0.6) is 0 Å². The van der Waals surface area contributed by atoms with Crippen molar-refractivity contribution in [2.45, 2.75) is 24.3 Å². The van der Waals surface area contributed by atoms with E-state index in [0.29, 0.717) is 0 Å². The van der Waals surface area contributed by atoms with Crippen molar-refractivity contribution in [3.05, 3.63) is 14.7 Å². The largest absolute Gasteiger partial charge is 0.481 e. The van der Waals surface area contributed by atoms with Gasteiger partial charge in [-0.3, -0.25) is 4.79 Å². The molecule has 1 unspecified atom stereocenters. The minimum absolute atomic E-state index is 0.0463. The highest BCUT2D eigenvalue weighted by Gasteiger charge is 2.23. The number of sulfonamides is 1. The van der Waals surface area contributed by atoms with Crippen LogP contribution in [0.15, 0.2) is 11.0 Å². The normalized spacial score (nSPS) is 13.6. The van der Waals surface area contributed by atoms with Gasteiger partial charge >= 0.3 is 5.97 Å². The monoisotopic (exact) mass is 317 g/mol. The summed E-state index contributed by atoms with van der Waals surface area (Å²) in [6.45, 7) is 1.45. The lowest BCUT2D eigenvalue weighted by Crippen LogP contribution is -2.34. The first kappa shape index (κ1) is 14.7. The molecule has 1 heterocycles. The maximum atomic E-state index is 11.8. The summed E-state index contributed by atoms with van der Waals surface area (Å²) in [5.74, 6) is -1.09. The predicted molar refractivity (Wildman–Crippen MR) is 66.4 cm³/mol. The number of aliphatic carboxylic acids is 1. The van der Waals surface area contributed by atoms with Gasteiger partial charge in [0.25, 0.3) is 0 Å². The molecule has 0 aliphatic rings. The van der Waals surface area contributed by atoms with Crippen LogP contribution in [0.2, 0.25) is 8.67 Å². The summed E-state index contributed by atoms with van der Waals surface area (Å²) < 4.78 is 26.1. The van der Waals surface area contributed by atoms with E-state index in [9.17, 15) is 13.2 Å². The van der Waals surface area contributed by atoms with Crippen molar-refractivity contribution >= 4 is 50.5 Å². The van der Waals surface area contributed by atoms with Crippen LogP contribution >= 0.6 is 34.5 Å². The van der Waals surface area contributed by atoms with Crippen molar-refractivity contribution in [2.75, 3.05) is 0 Å². The third-order valence-corrected chi connectivity index (χ3v) is 5.09. The van der Waals surface area contributed by atoms with Gasteiger partial charge in [0.1, 0.15) is 9.23 Å². The molecule has 0 aliphatic carbocycles. The summed E-state index contributed by atoms with van der Waals surface area (Å²) in [5, 5.41) is 8.53. The first-order valence-corrected chi connectivity index (χ1v) is 7.47. The zero-order valence-electron chi connectivity index (χ0n) is 8.61. The molecular weight excluding hydrogens is 309 g/mol. The third-order valence-electron chi connectivity index (χ3n) is 1.75. The molecule has 0 fully saturated rings. The van der Waals surface area contributed by atoms with E-state index in [4.69, 9.17) is 28.3 Å². The first-order chi connectivity index (χ1) is 7.72. The van der Waals surface area contributed by atoms with Crippen molar-refractivity contribution < 1.29 is 18.3 Å². The second-order valence-electron chi connectivity index (χ2n) is 3.31. The molecule has 1 rings (SSSR count). The quantitative estimate of drug-likeness (QED) is 0.872. The Bertz CT molecular complexity index is 526. The first-order valence-electron chi connectivity index (χ1n) is 4.41. The van der Waals surface area contributed by atoms with Gasteiger partial charge in [-0.05, 0) is 13.0 Å². The summed E-state index contributed by atoms with van der Waals surface area (Å²) in [6.07, 6.45) is -0.311. The number of carboxylic acid groups (broad SMARTS) is 1. The summed E-state index contributed by atoms with van der Waals surface area (Å²) in [5.41, 5.74) is 0. The molecule has 1 aromatic rings. The molecular formula is C8H9Cl2NO4S2. The average molecular weight is 318 g/mol. The molecule has 96 valence electrons. The topological polar surface area (TPSA) is 83.5 Å². The van der Waals surface area contributed by atoms with E-state index < -0.39 is 22.0 Å². The van der Waals surface area contributed by atoms with Crippen molar-refractivity contribution in [3.63, 3.8) is 0 Å². The van der Waals surface area contributed by atoms with Crippen LogP contribution in [0.1, 0.15) is 13.3 Å². The summed E-state index contributed by atoms with van der Waals surface area (Å²) in [6, 6.07) is 0.497. The molecule has 1 aromatic heterocycles. The van der Waals surface area contributed by atoms with Gasteiger partial charge in [-0.2, -0.15) is 0 Å². The fraction of sp³-hybridized carbons (Fsp3) is 0.375. The van der Waals surface area contributed by atoms with Gasteiger partial charge in [-0.1, -0.05) is 23.2 Å². The highest BCUT2D eigenvalue weighted by molar-refractivity contribution is 7.89. The van der Waals surface area contributed by atoms with Gasteiger partial charge in [-0.25, -0.2) is 13.1 Å². The van der Waals surface area contributed by atoms with Gasteiger partial charge in [0.05, 0.1) is 10.8 Å². The van der Waals surface area contributed by atoms with E-state index in [0.717, 1.165) is 11.3 Å². The number of thiophene rings is 1. The van der Waals surface area contributed by atoms with Crippen LogP contribution in [0.4, 0.5) is 0 Å². The summed E-state index contributed by atoms with van der Waals surface area (Å²) in [4.78, 5) is 10.3. The van der Waals surface area contributed by atoms with Crippen LogP contribution < -0.4 is 4.72 Å². The molecule has 0 spiro atoms. The van der Waals surface area contributed by atoms with E-state index in [1.807, 2.05) is 0 Å². The lowest BCUT2D eigenvalue weighted by atomic mass is 10.3. The number of halogens is 2. The minimum Gasteiger partial charge on any atom is -0.481 e. The van der Waals surface area contributed by atoms with E-state index in [2.05, 4.69) is 4.72 Å². The molecule has 2 N–H and O–H groups in total. The lowest BCUT2D eigenvalue weighted by molar-refractivity contribution is -0.137. The van der Waals surface area contributed by atoms with Gasteiger partial charge in [-0.15, -0.1) is 11.3 Å². The molecule has 0 saturated carbocycles. The Morgan fingerprint density at radius 2 is 2.18 bits per heavy atom. The summed E-state index contributed by atoms with van der Waals surface area (Å²) in [7, 11) is -3.83. The Balaban J connectivity index is 2.89. The van der Waals surface area contributed by atoms with Gasteiger partial charge in [0, 0.05) is 6.04 Å². The molecule has 0 aromatic carbocycles. The van der Waals surface area contributed by atoms with Crippen molar-refractivity contribution in [1.82, 2.24) is 4.72 Å². The Morgan fingerprint density at radius 3 is 2.59 bits per heavy atom. The van der Waals surface area contributed by atoms with E-state index in [1.165, 1.54) is 13.0 Å². The smallest absolute Gasteiger partial charge is 0.304 e. The van der Waals surface area contributed by atoms with Crippen LogP contribution in [-0.2, 0) is 14.8 Å². The van der Waals surface area contributed by atoms with Gasteiger partial charge in [0.2, 0.25) is 10.0 Å². The van der Waals surface area contributed by atoms with Crippen LogP contribution in [0.3, 0.4) is 0 Å². The van der Waals surface area contributed by atoms with E-state index in [1.54, 1.807) is 0 Å². The number of nitrogens with one attached hydrogen (secondary N) is 1. The second kappa shape index (κ2) is 5.53. The molecule has 0 aliphatic heterocycles. The Kier molecular flexibility index (Phi) is 4.79. The van der Waals surface area contributed by atoms with E-state index in [-0.39, 0.29) is 20.0 Å². The molecule has 0 radical (unpaired) electrons. The fourth-order valence-corrected chi connectivity index (χ4v) is 4.53. The average Bonchev–Trinajstić information content (AvgIpc) is 2.42. The van der Waals surface area contributed by atoms with Crippen LogP contribution in [-0.4, -0.2) is 25.5 Å². The third kappa shape index (κ3) is 4.11. The molecule has 9 heteroatoms. The van der Waals surface area contributed by atoms with Gasteiger partial charge < -0.3 is 5.11 Å². The van der Waals surface area contributed by atoms with Crippen LogP contribution in [0.25, 0.3) is 0 Å². The Labute approximate surface area is 112 Å². The maximum absolute atomic E-state index is 11.8. The zero-order chi connectivity index (χ0) is 13.2. The SMILES string of the molecule is CC(CC(=O)O)NS(=O)(=O)c1cc(Cl)sc1Cl. The molecule has 5 nitrogen and oxygen atoms in total. The van der Waals surface area contributed by atoms with E-state index >= 15 is 0 Å². The van der Waals surface area contributed by atoms with Crippen molar-refractivity contribution in [3.8, 4) is 0 Å². The minimum atomic E-state index is -3.83. The zero-order valence-corrected chi connectivity index (χ0v) is 11.8. The van der Waals surface area contributed by atoms with Crippen LogP contribution in [0, 0.1) is 0 Å². The number of hydrogen-bond acceptors (Lipinski definition) is 4. The molecule has 1 atom stereocenters. The standard InChI is InChI=1S/C8H9Cl2NO4S2/c1-4(2-7(12)13)11-17(14,15)5-3-6(9)16-8(5)10/h3-4,11H,2H2,1H3,(H,12,13). The lowest BCUT2D eigenvalue weighted by Gasteiger charge is -2.11. The van der Waals surface area contributed by atoms with Crippen molar-refractivity contribution in [2.24, 2.45) is 0 Å². The number of hydrogen-bond donors (Lipinski definition) is 2. The fourth-order valence-electron chi connectivity index (χ4n) is 1.14. The number of carbonyl (C=O) groups is 1. The number of carboxylic acids is 1. The molecule has 17 heavy (non-hydrogen) atoms. The Hall–Kier alpha value is -0.340. The highest BCUT2D eigenvalue weighted by atomic mass is 35.5. The Morgan fingerprint density at radius 1 is 1.59 bits per heavy atom. The molecule has 0 bridgehead atoms. The second-order valence-corrected chi connectivity index (χ2v) is 7.28. The number of rotatable bonds is 5. The maximum Gasteiger partial charge on any atom is 0.304 e. The highest BCUT2D eigenvalue weighted by Crippen LogP contribution is 2.34. The van der Waals surface area contributed by atoms with Gasteiger partial charge in [0.15, 0.2) is 0 Å². The molecule has 0 saturated heterocycles. The van der Waals surface area contributed by atoms with Crippen molar-refractivity contribution in [1.29, 1.82) is 0 Å². The predicted octanol–water partition coefficient (Wildman–Crippen LogP) is 2.20. The molecule has 0 amide bonds. The summed E-state index contributed by atoms with van der Waals surface area (Å²) >= 11 is 12.3.